The quantitative estimate of drug-likeness (QED) is 0.461. The summed E-state index contributed by atoms with van der Waals surface area (Å²) < 4.78 is 0. The van der Waals surface area contributed by atoms with Gasteiger partial charge in [0.1, 0.15) is 0 Å². The van der Waals surface area contributed by atoms with Crippen molar-refractivity contribution < 1.29 is 14.4 Å². The van der Waals surface area contributed by atoms with E-state index in [0.29, 0.717) is 17.7 Å². The Morgan fingerprint density at radius 2 is 1.48 bits per heavy atom. The molecule has 29 heavy (non-hydrogen) atoms. The molecule has 0 heterocycles. The molecular weight excluding hydrogens is 364 g/mol. The van der Waals surface area contributed by atoms with Crippen molar-refractivity contribution in [2.75, 3.05) is 5.32 Å². The summed E-state index contributed by atoms with van der Waals surface area (Å²) in [4.78, 5) is 29.7. The standard InChI is InChI=1S/C24H22N2O3/c1-18(23(27)25-22-10-6-3-7-11-22)16-19-12-14-21(15-13-19)24(28)26-29-17-20-8-4-2-5-9-20/h2-16H,17H2,1H3,(H,25,27)(H,26,28). The first-order valence-corrected chi connectivity index (χ1v) is 9.22. The monoisotopic (exact) mass is 386 g/mol. The second kappa shape index (κ2) is 10.0. The van der Waals surface area contributed by atoms with Crippen molar-refractivity contribution >= 4 is 23.6 Å². The predicted molar refractivity (Wildman–Crippen MR) is 114 cm³/mol. The zero-order valence-corrected chi connectivity index (χ0v) is 16.1. The molecular formula is C24H22N2O3. The Kier molecular flexibility index (Phi) is 6.92. The molecule has 2 amide bonds. The smallest absolute Gasteiger partial charge is 0.274 e. The van der Waals surface area contributed by atoms with Crippen LogP contribution in [0.3, 0.4) is 0 Å². The minimum atomic E-state index is -0.324. The summed E-state index contributed by atoms with van der Waals surface area (Å²) in [7, 11) is 0. The van der Waals surface area contributed by atoms with Gasteiger partial charge in [-0.1, -0.05) is 60.7 Å². The molecule has 5 nitrogen and oxygen atoms in total. The van der Waals surface area contributed by atoms with Gasteiger partial charge in [-0.25, -0.2) is 5.48 Å². The molecule has 0 unspecified atom stereocenters. The lowest BCUT2D eigenvalue weighted by Gasteiger charge is -2.07. The third kappa shape index (κ3) is 6.16. The third-order valence-corrected chi connectivity index (χ3v) is 4.19. The van der Waals surface area contributed by atoms with Crippen molar-refractivity contribution in [2.24, 2.45) is 0 Å². The summed E-state index contributed by atoms with van der Waals surface area (Å²) in [5.41, 5.74) is 6.01. The summed E-state index contributed by atoms with van der Waals surface area (Å²) in [6, 6.07) is 25.8. The molecule has 0 bridgehead atoms. The van der Waals surface area contributed by atoms with E-state index in [2.05, 4.69) is 10.8 Å². The van der Waals surface area contributed by atoms with Gasteiger partial charge in [0.15, 0.2) is 0 Å². The van der Waals surface area contributed by atoms with Crippen LogP contribution in [0.1, 0.15) is 28.4 Å². The van der Waals surface area contributed by atoms with Crippen LogP contribution in [0.5, 0.6) is 0 Å². The molecule has 0 saturated heterocycles. The van der Waals surface area contributed by atoms with Crippen LogP contribution in [0.2, 0.25) is 0 Å². The fourth-order valence-electron chi connectivity index (χ4n) is 2.62. The topological polar surface area (TPSA) is 67.4 Å². The molecule has 146 valence electrons. The van der Waals surface area contributed by atoms with Crippen LogP contribution in [0.4, 0.5) is 5.69 Å². The highest BCUT2D eigenvalue weighted by Gasteiger charge is 2.07. The summed E-state index contributed by atoms with van der Waals surface area (Å²) in [5.74, 6) is -0.498. The Bertz CT molecular complexity index is 982. The second-order valence-corrected chi connectivity index (χ2v) is 6.47. The Labute approximate surface area is 170 Å². The first-order valence-electron chi connectivity index (χ1n) is 9.22. The lowest BCUT2D eigenvalue weighted by Crippen LogP contribution is -2.23. The molecule has 0 aliphatic carbocycles. The number of carbonyl (C=O) groups excluding carboxylic acids is 2. The van der Waals surface area contributed by atoms with E-state index >= 15 is 0 Å². The van der Waals surface area contributed by atoms with Crippen LogP contribution in [0.15, 0.2) is 90.5 Å². The van der Waals surface area contributed by atoms with Crippen molar-refractivity contribution in [3.8, 4) is 0 Å². The summed E-state index contributed by atoms with van der Waals surface area (Å²) in [6.07, 6.45) is 1.77. The van der Waals surface area contributed by atoms with Crippen molar-refractivity contribution in [1.82, 2.24) is 5.48 Å². The Balaban J connectivity index is 1.54. The average molecular weight is 386 g/mol. The van der Waals surface area contributed by atoms with Gasteiger partial charge in [0.2, 0.25) is 0 Å². The maximum absolute atomic E-state index is 12.3. The van der Waals surface area contributed by atoms with Gasteiger partial charge in [-0.2, -0.15) is 0 Å². The molecule has 3 rings (SSSR count). The molecule has 0 spiro atoms. The van der Waals surface area contributed by atoms with Gasteiger partial charge in [0, 0.05) is 16.8 Å². The van der Waals surface area contributed by atoms with Crippen LogP contribution in [0, 0.1) is 0 Å². The van der Waals surface area contributed by atoms with Gasteiger partial charge < -0.3 is 5.32 Å². The van der Waals surface area contributed by atoms with E-state index in [1.807, 2.05) is 60.7 Å². The molecule has 5 heteroatoms. The maximum atomic E-state index is 12.3. The molecule has 0 aliphatic heterocycles. The summed E-state index contributed by atoms with van der Waals surface area (Å²) in [6.45, 7) is 2.04. The fourth-order valence-corrected chi connectivity index (χ4v) is 2.62. The predicted octanol–water partition coefficient (Wildman–Crippen LogP) is 4.59. The SMILES string of the molecule is CC(=Cc1ccc(C(=O)NOCc2ccccc2)cc1)C(=O)Nc1ccccc1. The molecule has 3 aromatic rings. The van der Waals surface area contributed by atoms with Gasteiger partial charge in [-0.05, 0) is 48.4 Å². The normalized spacial score (nSPS) is 11.0. The average Bonchev–Trinajstić information content (AvgIpc) is 2.75. The van der Waals surface area contributed by atoms with E-state index in [-0.39, 0.29) is 11.8 Å². The maximum Gasteiger partial charge on any atom is 0.274 e. The number of hydroxylamine groups is 1. The number of hydrogen-bond donors (Lipinski definition) is 2. The molecule has 0 radical (unpaired) electrons. The third-order valence-electron chi connectivity index (χ3n) is 4.19. The fraction of sp³-hybridized carbons (Fsp3) is 0.0833. The van der Waals surface area contributed by atoms with Gasteiger partial charge in [-0.15, -0.1) is 0 Å². The highest BCUT2D eigenvalue weighted by molar-refractivity contribution is 6.06. The van der Waals surface area contributed by atoms with Crippen molar-refractivity contribution in [1.29, 1.82) is 0 Å². The second-order valence-electron chi connectivity index (χ2n) is 6.47. The van der Waals surface area contributed by atoms with Crippen molar-refractivity contribution in [3.63, 3.8) is 0 Å². The van der Waals surface area contributed by atoms with Crippen LogP contribution < -0.4 is 10.8 Å². The molecule has 0 fully saturated rings. The van der Waals surface area contributed by atoms with E-state index < -0.39 is 0 Å². The Morgan fingerprint density at radius 3 is 2.14 bits per heavy atom. The lowest BCUT2D eigenvalue weighted by atomic mass is 10.1. The van der Waals surface area contributed by atoms with Gasteiger partial charge in [0.25, 0.3) is 11.8 Å². The minimum Gasteiger partial charge on any atom is -0.322 e. The van der Waals surface area contributed by atoms with Crippen LogP contribution in [0.25, 0.3) is 6.08 Å². The molecule has 0 saturated carbocycles. The number of hydrogen-bond acceptors (Lipinski definition) is 3. The largest absolute Gasteiger partial charge is 0.322 e. The Hall–Kier alpha value is -3.70. The number of rotatable bonds is 7. The molecule has 2 N–H and O–H groups in total. The van der Waals surface area contributed by atoms with Crippen molar-refractivity contribution in [2.45, 2.75) is 13.5 Å². The van der Waals surface area contributed by atoms with Gasteiger partial charge in [-0.3, -0.25) is 14.4 Å². The molecule has 0 atom stereocenters. The number of nitrogens with one attached hydrogen (secondary N) is 2. The van der Waals surface area contributed by atoms with E-state index in [0.717, 1.165) is 16.8 Å². The highest BCUT2D eigenvalue weighted by atomic mass is 16.6. The van der Waals surface area contributed by atoms with E-state index in [1.54, 1.807) is 37.3 Å². The molecule has 3 aromatic carbocycles. The number of carbonyl (C=O) groups is 2. The lowest BCUT2D eigenvalue weighted by molar-refractivity contribution is -0.112. The van der Waals surface area contributed by atoms with Crippen LogP contribution in [-0.4, -0.2) is 11.8 Å². The summed E-state index contributed by atoms with van der Waals surface area (Å²) >= 11 is 0. The zero-order valence-electron chi connectivity index (χ0n) is 16.1. The summed E-state index contributed by atoms with van der Waals surface area (Å²) in [5, 5.41) is 2.84. The van der Waals surface area contributed by atoms with Crippen molar-refractivity contribution in [3.05, 3.63) is 107 Å². The number of benzene rings is 3. The highest BCUT2D eigenvalue weighted by Crippen LogP contribution is 2.12. The minimum absolute atomic E-state index is 0.174. The number of anilines is 1. The first-order chi connectivity index (χ1) is 14.1. The van der Waals surface area contributed by atoms with E-state index in [9.17, 15) is 9.59 Å². The van der Waals surface area contributed by atoms with E-state index in [1.165, 1.54) is 0 Å². The van der Waals surface area contributed by atoms with Gasteiger partial charge >= 0.3 is 0 Å². The number of amides is 2. The first kappa shape index (κ1) is 20.0. The van der Waals surface area contributed by atoms with E-state index in [4.69, 9.17) is 4.84 Å². The zero-order chi connectivity index (χ0) is 20.5. The number of para-hydroxylation sites is 1. The van der Waals surface area contributed by atoms with Gasteiger partial charge in [0.05, 0.1) is 6.61 Å². The van der Waals surface area contributed by atoms with Crippen LogP contribution in [-0.2, 0) is 16.2 Å². The van der Waals surface area contributed by atoms with Crippen LogP contribution >= 0.6 is 0 Å². The Morgan fingerprint density at radius 1 is 0.862 bits per heavy atom. The molecule has 0 aromatic heterocycles. The molecule has 0 aliphatic rings.